The molecule has 1 aromatic carbocycles. The van der Waals surface area contributed by atoms with E-state index in [1.54, 1.807) is 18.2 Å². The number of nitrogens with zero attached hydrogens (tertiary/aromatic N) is 1. The molecule has 0 atom stereocenters. The normalized spacial score (nSPS) is 10.1. The van der Waals surface area contributed by atoms with Gasteiger partial charge >= 0.3 is 0 Å². The summed E-state index contributed by atoms with van der Waals surface area (Å²) in [5, 5.41) is 3.37. The third kappa shape index (κ3) is 1.09. The van der Waals surface area contributed by atoms with Crippen LogP contribution in [0.1, 0.15) is 0 Å². The standard InChI is InChI=1S/C9H5FNO/c10-9-4-2-1-3-8(9)7-5-11-12-6-7/h1-4,6H. The lowest BCUT2D eigenvalue weighted by Gasteiger charge is -1.95. The van der Waals surface area contributed by atoms with Crippen LogP contribution < -0.4 is 0 Å². The number of aromatic nitrogens is 1. The highest BCUT2D eigenvalue weighted by molar-refractivity contribution is 5.60. The summed E-state index contributed by atoms with van der Waals surface area (Å²) in [6.45, 7) is 0. The molecule has 1 radical (unpaired) electrons. The van der Waals surface area contributed by atoms with Gasteiger partial charge in [-0.05, 0) is 6.07 Å². The molecular weight excluding hydrogens is 157 g/mol. The minimum Gasteiger partial charge on any atom is -0.363 e. The monoisotopic (exact) mass is 162 g/mol. The highest BCUT2D eigenvalue weighted by Gasteiger charge is 2.05. The van der Waals surface area contributed by atoms with E-state index >= 15 is 0 Å². The van der Waals surface area contributed by atoms with E-state index in [0.717, 1.165) is 0 Å². The molecule has 2 aromatic rings. The third-order valence-corrected chi connectivity index (χ3v) is 1.55. The largest absolute Gasteiger partial charge is 0.363 e. The number of rotatable bonds is 1. The molecule has 0 bridgehead atoms. The zero-order valence-corrected chi connectivity index (χ0v) is 6.12. The Balaban J connectivity index is 2.55. The zero-order valence-electron chi connectivity index (χ0n) is 6.12. The van der Waals surface area contributed by atoms with Gasteiger partial charge < -0.3 is 4.52 Å². The zero-order chi connectivity index (χ0) is 8.39. The van der Waals surface area contributed by atoms with Gasteiger partial charge in [0.1, 0.15) is 18.3 Å². The van der Waals surface area contributed by atoms with Gasteiger partial charge in [-0.25, -0.2) is 4.39 Å². The summed E-state index contributed by atoms with van der Waals surface area (Å²) in [5.74, 6) is -0.294. The Kier molecular flexibility index (Phi) is 1.63. The molecule has 2 nitrogen and oxygen atoms in total. The molecule has 0 amide bonds. The first-order chi connectivity index (χ1) is 5.88. The average molecular weight is 162 g/mol. The van der Waals surface area contributed by atoms with Gasteiger partial charge in [-0.2, -0.15) is 0 Å². The second kappa shape index (κ2) is 2.77. The lowest BCUT2D eigenvalue weighted by molar-refractivity contribution is 0.418. The van der Waals surface area contributed by atoms with Crippen molar-refractivity contribution in [3.05, 3.63) is 42.5 Å². The Labute approximate surface area is 68.6 Å². The topological polar surface area (TPSA) is 26.0 Å². The van der Waals surface area contributed by atoms with E-state index in [2.05, 4.69) is 15.9 Å². The molecule has 0 saturated heterocycles. The lowest BCUT2D eigenvalue weighted by Crippen LogP contribution is -1.79. The maximum absolute atomic E-state index is 13.1. The maximum atomic E-state index is 13.1. The molecule has 2 rings (SSSR count). The van der Waals surface area contributed by atoms with Gasteiger partial charge in [0.05, 0.1) is 5.56 Å². The summed E-state index contributed by atoms with van der Waals surface area (Å²) in [6, 6.07) is 6.42. The van der Waals surface area contributed by atoms with Crippen molar-refractivity contribution in [2.75, 3.05) is 0 Å². The fourth-order valence-electron chi connectivity index (χ4n) is 0.984. The van der Waals surface area contributed by atoms with E-state index in [1.807, 2.05) is 0 Å². The van der Waals surface area contributed by atoms with E-state index in [-0.39, 0.29) is 5.82 Å². The Morgan fingerprint density at radius 2 is 2.17 bits per heavy atom. The van der Waals surface area contributed by atoms with Crippen molar-refractivity contribution >= 4 is 0 Å². The van der Waals surface area contributed by atoms with E-state index < -0.39 is 0 Å². The molecule has 0 aliphatic carbocycles. The first-order valence-corrected chi connectivity index (χ1v) is 3.45. The van der Waals surface area contributed by atoms with Crippen molar-refractivity contribution in [2.45, 2.75) is 0 Å². The predicted molar refractivity (Wildman–Crippen MR) is 40.7 cm³/mol. The van der Waals surface area contributed by atoms with Crippen LogP contribution in [0.5, 0.6) is 0 Å². The van der Waals surface area contributed by atoms with Crippen LogP contribution in [0, 0.1) is 12.0 Å². The Morgan fingerprint density at radius 1 is 1.33 bits per heavy atom. The summed E-state index contributed by atoms with van der Waals surface area (Å²) >= 11 is 0. The third-order valence-electron chi connectivity index (χ3n) is 1.55. The predicted octanol–water partition coefficient (Wildman–Crippen LogP) is 2.28. The highest BCUT2D eigenvalue weighted by Crippen LogP contribution is 2.20. The van der Waals surface area contributed by atoms with Gasteiger partial charge in [0, 0.05) is 5.56 Å². The molecule has 1 aromatic heterocycles. The Bertz CT molecular complexity index is 370. The molecule has 0 spiro atoms. The molecule has 1 heterocycles. The first-order valence-electron chi connectivity index (χ1n) is 3.45. The van der Waals surface area contributed by atoms with E-state index in [0.29, 0.717) is 11.1 Å². The van der Waals surface area contributed by atoms with Crippen molar-refractivity contribution in [3.63, 3.8) is 0 Å². The van der Waals surface area contributed by atoms with E-state index in [1.165, 1.54) is 12.3 Å². The van der Waals surface area contributed by atoms with Crippen molar-refractivity contribution in [3.8, 4) is 11.1 Å². The number of hydrogen-bond donors (Lipinski definition) is 0. The fraction of sp³-hybridized carbons (Fsp3) is 0. The summed E-state index contributed by atoms with van der Waals surface area (Å²) in [4.78, 5) is 0. The minimum absolute atomic E-state index is 0.294. The molecule has 0 aliphatic heterocycles. The van der Waals surface area contributed by atoms with Gasteiger partial charge in [-0.15, -0.1) is 0 Å². The van der Waals surface area contributed by atoms with Crippen LogP contribution in [0.25, 0.3) is 11.1 Å². The molecule has 0 fully saturated rings. The SMILES string of the molecule is Fc1ccccc1-c1[c]noc1. The van der Waals surface area contributed by atoms with Crippen LogP contribution in [-0.2, 0) is 0 Å². The van der Waals surface area contributed by atoms with Gasteiger partial charge in [-0.1, -0.05) is 23.4 Å². The number of hydrogen-bond acceptors (Lipinski definition) is 2. The Morgan fingerprint density at radius 3 is 2.83 bits per heavy atom. The van der Waals surface area contributed by atoms with Crippen LogP contribution in [0.2, 0.25) is 0 Å². The molecular formula is C9H5FNO. The molecule has 3 heteroatoms. The molecule has 0 N–H and O–H groups in total. The second-order valence-corrected chi connectivity index (χ2v) is 2.32. The molecule has 0 aliphatic rings. The van der Waals surface area contributed by atoms with Crippen LogP contribution >= 0.6 is 0 Å². The average Bonchev–Trinajstić information content (AvgIpc) is 2.57. The van der Waals surface area contributed by atoms with Gasteiger partial charge in [0.15, 0.2) is 0 Å². The smallest absolute Gasteiger partial charge is 0.144 e. The second-order valence-electron chi connectivity index (χ2n) is 2.32. The molecule has 59 valence electrons. The van der Waals surface area contributed by atoms with Crippen LogP contribution in [-0.4, -0.2) is 5.16 Å². The first kappa shape index (κ1) is 7.03. The van der Waals surface area contributed by atoms with Crippen molar-refractivity contribution in [1.29, 1.82) is 0 Å². The number of halogens is 1. The maximum Gasteiger partial charge on any atom is 0.144 e. The van der Waals surface area contributed by atoms with Crippen molar-refractivity contribution < 1.29 is 8.91 Å². The lowest BCUT2D eigenvalue weighted by atomic mass is 10.1. The van der Waals surface area contributed by atoms with Gasteiger partial charge in [0.25, 0.3) is 0 Å². The summed E-state index contributed by atoms with van der Waals surface area (Å²) < 4.78 is 17.6. The van der Waals surface area contributed by atoms with Crippen LogP contribution in [0.3, 0.4) is 0 Å². The van der Waals surface area contributed by atoms with E-state index in [9.17, 15) is 4.39 Å². The Hall–Kier alpha value is -1.64. The number of benzene rings is 1. The fourth-order valence-corrected chi connectivity index (χ4v) is 0.984. The van der Waals surface area contributed by atoms with Crippen LogP contribution in [0.4, 0.5) is 4.39 Å². The summed E-state index contributed by atoms with van der Waals surface area (Å²) in [7, 11) is 0. The van der Waals surface area contributed by atoms with Gasteiger partial charge in [0.2, 0.25) is 0 Å². The van der Waals surface area contributed by atoms with Crippen molar-refractivity contribution in [2.24, 2.45) is 0 Å². The summed E-state index contributed by atoms with van der Waals surface area (Å²) in [6.07, 6.45) is 3.90. The van der Waals surface area contributed by atoms with Crippen LogP contribution in [0.15, 0.2) is 35.1 Å². The van der Waals surface area contributed by atoms with Crippen molar-refractivity contribution in [1.82, 2.24) is 5.16 Å². The quantitative estimate of drug-likeness (QED) is 0.642. The molecule has 0 unspecified atom stereocenters. The van der Waals surface area contributed by atoms with E-state index in [4.69, 9.17) is 0 Å². The molecule has 12 heavy (non-hydrogen) atoms. The summed E-state index contributed by atoms with van der Waals surface area (Å²) in [5.41, 5.74) is 0.992. The van der Waals surface area contributed by atoms with Gasteiger partial charge in [-0.3, -0.25) is 0 Å². The molecule has 0 saturated carbocycles. The highest BCUT2D eigenvalue weighted by atomic mass is 19.1. The minimum atomic E-state index is -0.294.